The summed E-state index contributed by atoms with van der Waals surface area (Å²) in [6, 6.07) is 0. The van der Waals surface area contributed by atoms with Crippen LogP contribution in [0.1, 0.15) is 46.0 Å². The summed E-state index contributed by atoms with van der Waals surface area (Å²) in [5.41, 5.74) is 0.392. The molecule has 0 saturated heterocycles. The van der Waals surface area contributed by atoms with Crippen LogP contribution in [0.5, 0.6) is 0 Å². The van der Waals surface area contributed by atoms with E-state index in [1.165, 1.54) is 32.1 Å². The van der Waals surface area contributed by atoms with Crippen molar-refractivity contribution >= 4 is 15.9 Å². The van der Waals surface area contributed by atoms with Crippen molar-refractivity contribution in [3.05, 3.63) is 0 Å². The summed E-state index contributed by atoms with van der Waals surface area (Å²) in [6.07, 6.45) is 7.12. The van der Waals surface area contributed by atoms with Crippen molar-refractivity contribution in [1.82, 2.24) is 0 Å². The molecule has 0 amide bonds. The molecular weight excluding hydrogens is 240 g/mol. The van der Waals surface area contributed by atoms with Crippen molar-refractivity contribution in [3.8, 4) is 0 Å². The molecule has 3 unspecified atom stereocenters. The summed E-state index contributed by atoms with van der Waals surface area (Å²) in [4.78, 5) is 0.672. The second kappa shape index (κ2) is 4.13. The van der Waals surface area contributed by atoms with Crippen LogP contribution in [-0.2, 0) is 4.74 Å². The van der Waals surface area contributed by atoms with Crippen molar-refractivity contribution in [2.45, 2.75) is 56.9 Å². The molecule has 0 spiro atoms. The van der Waals surface area contributed by atoms with Gasteiger partial charge in [-0.05, 0) is 25.2 Å². The van der Waals surface area contributed by atoms with Gasteiger partial charge in [-0.1, -0.05) is 42.6 Å². The molecule has 0 bridgehead atoms. The van der Waals surface area contributed by atoms with Gasteiger partial charge in [-0.25, -0.2) is 0 Å². The first-order chi connectivity index (χ1) is 6.66. The van der Waals surface area contributed by atoms with Gasteiger partial charge in [-0.2, -0.15) is 0 Å². The zero-order valence-electron chi connectivity index (χ0n) is 9.26. The summed E-state index contributed by atoms with van der Waals surface area (Å²) in [5, 5.41) is 0. The van der Waals surface area contributed by atoms with Gasteiger partial charge in [0.15, 0.2) is 0 Å². The van der Waals surface area contributed by atoms with E-state index in [2.05, 4.69) is 29.8 Å². The third kappa shape index (κ3) is 2.01. The molecule has 82 valence electrons. The fraction of sp³-hybridized carbons (Fsp3) is 1.00. The van der Waals surface area contributed by atoms with Crippen LogP contribution in [0.3, 0.4) is 0 Å². The Bertz CT molecular complexity index is 202. The van der Waals surface area contributed by atoms with Gasteiger partial charge in [-0.3, -0.25) is 0 Å². The van der Waals surface area contributed by atoms with Gasteiger partial charge in [0.05, 0.1) is 6.10 Å². The molecule has 3 atom stereocenters. The SMILES string of the molecule is CCC1(C)C(Br)CC1OCCC1CC1. The van der Waals surface area contributed by atoms with Gasteiger partial charge in [0.25, 0.3) is 0 Å². The van der Waals surface area contributed by atoms with E-state index >= 15 is 0 Å². The summed E-state index contributed by atoms with van der Waals surface area (Å²) in [6.45, 7) is 5.60. The molecule has 2 saturated carbocycles. The molecule has 2 aliphatic rings. The zero-order valence-corrected chi connectivity index (χ0v) is 10.8. The average Bonchev–Trinajstić information content (AvgIpc) is 2.99. The normalized spacial score (nSPS) is 42.2. The molecule has 0 aromatic carbocycles. The fourth-order valence-electron chi connectivity index (χ4n) is 2.26. The van der Waals surface area contributed by atoms with Gasteiger partial charge in [-0.15, -0.1) is 0 Å². The Morgan fingerprint density at radius 1 is 1.43 bits per heavy atom. The Morgan fingerprint density at radius 2 is 2.14 bits per heavy atom. The van der Waals surface area contributed by atoms with Crippen molar-refractivity contribution < 1.29 is 4.74 Å². The van der Waals surface area contributed by atoms with Crippen molar-refractivity contribution in [2.24, 2.45) is 11.3 Å². The third-order valence-corrected chi connectivity index (χ3v) is 5.60. The van der Waals surface area contributed by atoms with E-state index in [4.69, 9.17) is 4.74 Å². The van der Waals surface area contributed by atoms with E-state index in [0.717, 1.165) is 12.5 Å². The van der Waals surface area contributed by atoms with Crippen LogP contribution in [0.4, 0.5) is 0 Å². The number of ether oxygens (including phenoxy) is 1. The van der Waals surface area contributed by atoms with Crippen molar-refractivity contribution in [3.63, 3.8) is 0 Å². The molecule has 0 radical (unpaired) electrons. The number of hydrogen-bond donors (Lipinski definition) is 0. The first-order valence-corrected chi connectivity index (χ1v) is 6.84. The topological polar surface area (TPSA) is 9.23 Å². The molecule has 0 N–H and O–H groups in total. The molecule has 2 fully saturated rings. The summed E-state index contributed by atoms with van der Waals surface area (Å²) in [5.74, 6) is 1.00. The van der Waals surface area contributed by atoms with Crippen LogP contribution in [0.25, 0.3) is 0 Å². The van der Waals surface area contributed by atoms with Crippen LogP contribution in [-0.4, -0.2) is 17.5 Å². The summed E-state index contributed by atoms with van der Waals surface area (Å²) >= 11 is 3.74. The largest absolute Gasteiger partial charge is 0.378 e. The minimum atomic E-state index is 0.392. The molecule has 1 nitrogen and oxygen atoms in total. The molecule has 2 rings (SSSR count). The quantitative estimate of drug-likeness (QED) is 0.685. The van der Waals surface area contributed by atoms with E-state index in [1.807, 2.05) is 0 Å². The maximum Gasteiger partial charge on any atom is 0.0650 e. The van der Waals surface area contributed by atoms with Gasteiger partial charge in [0.2, 0.25) is 0 Å². The first kappa shape index (κ1) is 10.9. The van der Waals surface area contributed by atoms with Gasteiger partial charge in [0, 0.05) is 16.8 Å². The van der Waals surface area contributed by atoms with Crippen molar-refractivity contribution in [2.75, 3.05) is 6.61 Å². The highest BCUT2D eigenvalue weighted by molar-refractivity contribution is 9.09. The molecule has 0 aliphatic heterocycles. The van der Waals surface area contributed by atoms with Crippen LogP contribution < -0.4 is 0 Å². The predicted molar refractivity (Wildman–Crippen MR) is 62.8 cm³/mol. The Hall–Kier alpha value is 0.440. The second-order valence-electron chi connectivity index (χ2n) is 5.15. The molecular formula is C12H21BrO. The van der Waals surface area contributed by atoms with Crippen LogP contribution >= 0.6 is 15.9 Å². The van der Waals surface area contributed by atoms with Crippen LogP contribution in [0.15, 0.2) is 0 Å². The molecule has 0 aromatic heterocycles. The fourth-order valence-corrected chi connectivity index (χ4v) is 3.22. The number of halogens is 1. The lowest BCUT2D eigenvalue weighted by Gasteiger charge is -2.51. The lowest BCUT2D eigenvalue weighted by Crippen LogP contribution is -2.53. The molecule has 0 heterocycles. The Labute approximate surface area is 95.7 Å². The van der Waals surface area contributed by atoms with Gasteiger partial charge in [0.1, 0.15) is 0 Å². The second-order valence-corrected chi connectivity index (χ2v) is 6.26. The zero-order chi connectivity index (χ0) is 10.2. The minimum Gasteiger partial charge on any atom is -0.378 e. The van der Waals surface area contributed by atoms with Crippen molar-refractivity contribution in [1.29, 1.82) is 0 Å². The maximum atomic E-state index is 5.98. The molecule has 0 aromatic rings. The minimum absolute atomic E-state index is 0.392. The average molecular weight is 261 g/mol. The Kier molecular flexibility index (Phi) is 3.23. The first-order valence-electron chi connectivity index (χ1n) is 5.92. The Balaban J connectivity index is 1.70. The van der Waals surface area contributed by atoms with E-state index in [-0.39, 0.29) is 0 Å². The van der Waals surface area contributed by atoms with Crippen LogP contribution in [0, 0.1) is 11.3 Å². The molecule has 2 aliphatic carbocycles. The van der Waals surface area contributed by atoms with E-state index in [9.17, 15) is 0 Å². The molecule has 14 heavy (non-hydrogen) atoms. The van der Waals surface area contributed by atoms with Gasteiger partial charge < -0.3 is 4.74 Å². The summed E-state index contributed by atoms with van der Waals surface area (Å²) in [7, 11) is 0. The summed E-state index contributed by atoms with van der Waals surface area (Å²) < 4.78 is 5.98. The van der Waals surface area contributed by atoms with Crippen LogP contribution in [0.2, 0.25) is 0 Å². The van der Waals surface area contributed by atoms with E-state index in [0.29, 0.717) is 16.3 Å². The highest BCUT2D eigenvalue weighted by Crippen LogP contribution is 2.50. The number of hydrogen-bond acceptors (Lipinski definition) is 1. The molecule has 2 heteroatoms. The van der Waals surface area contributed by atoms with Gasteiger partial charge >= 0.3 is 0 Å². The number of rotatable bonds is 5. The monoisotopic (exact) mass is 260 g/mol. The smallest absolute Gasteiger partial charge is 0.0650 e. The lowest BCUT2D eigenvalue weighted by molar-refractivity contribution is -0.0973. The highest BCUT2D eigenvalue weighted by atomic mass is 79.9. The number of alkyl halides is 1. The third-order valence-electron chi connectivity index (χ3n) is 4.18. The van der Waals surface area contributed by atoms with E-state index in [1.54, 1.807) is 0 Å². The predicted octanol–water partition coefficient (Wildman–Crippen LogP) is 3.76. The Morgan fingerprint density at radius 3 is 2.64 bits per heavy atom. The lowest BCUT2D eigenvalue weighted by atomic mass is 9.66. The van der Waals surface area contributed by atoms with E-state index < -0.39 is 0 Å². The standard InChI is InChI=1S/C12H21BrO/c1-3-12(2)10(13)8-11(12)14-7-6-9-4-5-9/h9-11H,3-8H2,1-2H3. The maximum absolute atomic E-state index is 5.98. The highest BCUT2D eigenvalue weighted by Gasteiger charge is 2.49.